The van der Waals surface area contributed by atoms with Crippen molar-refractivity contribution in [2.24, 2.45) is 0 Å². The predicted molar refractivity (Wildman–Crippen MR) is 61.1 cm³/mol. The van der Waals surface area contributed by atoms with E-state index >= 15 is 0 Å². The highest BCUT2D eigenvalue weighted by Crippen LogP contribution is 2.28. The Balaban J connectivity index is 2.27. The Morgan fingerprint density at radius 2 is 2.33 bits per heavy atom. The van der Waals surface area contributed by atoms with Gasteiger partial charge in [0, 0.05) is 25.7 Å². The minimum absolute atomic E-state index is 0.286. The van der Waals surface area contributed by atoms with Crippen LogP contribution in [0.2, 0.25) is 5.02 Å². The molecule has 1 aromatic rings. The summed E-state index contributed by atoms with van der Waals surface area (Å²) < 4.78 is 12.9. The summed E-state index contributed by atoms with van der Waals surface area (Å²) in [6.07, 6.45) is 0. The zero-order valence-electron chi connectivity index (χ0n) is 8.63. The van der Waals surface area contributed by atoms with Crippen LogP contribution < -0.4 is 10.2 Å². The molecule has 1 fully saturated rings. The molecular formula is C11H14ClFN2. The number of hydrogen-bond donors (Lipinski definition) is 1. The summed E-state index contributed by atoms with van der Waals surface area (Å²) in [5, 5.41) is 3.80. The van der Waals surface area contributed by atoms with Gasteiger partial charge in [-0.05, 0) is 25.1 Å². The van der Waals surface area contributed by atoms with Crippen LogP contribution in [0.25, 0.3) is 0 Å². The van der Waals surface area contributed by atoms with Crippen molar-refractivity contribution in [3.05, 3.63) is 29.0 Å². The van der Waals surface area contributed by atoms with E-state index in [0.717, 1.165) is 25.3 Å². The average Bonchev–Trinajstić information content (AvgIpc) is 2.20. The first kappa shape index (κ1) is 10.7. The lowest BCUT2D eigenvalue weighted by Gasteiger charge is -2.36. The molecule has 0 amide bonds. The molecule has 0 saturated carbocycles. The van der Waals surface area contributed by atoms with Crippen LogP contribution in [0.1, 0.15) is 6.92 Å². The van der Waals surface area contributed by atoms with Crippen LogP contribution in [-0.4, -0.2) is 25.7 Å². The molecule has 1 saturated heterocycles. The highest BCUT2D eigenvalue weighted by Gasteiger charge is 2.20. The second-order valence-corrected chi connectivity index (χ2v) is 4.25. The maximum atomic E-state index is 12.9. The number of anilines is 1. The van der Waals surface area contributed by atoms with E-state index in [1.165, 1.54) is 12.1 Å². The number of rotatable bonds is 1. The topological polar surface area (TPSA) is 15.3 Å². The van der Waals surface area contributed by atoms with Crippen LogP contribution >= 0.6 is 11.6 Å². The van der Waals surface area contributed by atoms with Crippen LogP contribution in [0, 0.1) is 5.82 Å². The van der Waals surface area contributed by atoms with E-state index in [9.17, 15) is 4.39 Å². The zero-order valence-corrected chi connectivity index (χ0v) is 9.39. The van der Waals surface area contributed by atoms with Crippen molar-refractivity contribution in [1.82, 2.24) is 5.32 Å². The molecule has 4 heteroatoms. The van der Waals surface area contributed by atoms with Gasteiger partial charge in [-0.15, -0.1) is 0 Å². The van der Waals surface area contributed by atoms with Gasteiger partial charge in [0.05, 0.1) is 10.7 Å². The molecule has 0 unspecified atom stereocenters. The molecule has 0 aliphatic carbocycles. The Labute approximate surface area is 94.0 Å². The largest absolute Gasteiger partial charge is 0.365 e. The van der Waals surface area contributed by atoms with Gasteiger partial charge in [0.1, 0.15) is 5.82 Å². The maximum Gasteiger partial charge on any atom is 0.124 e. The van der Waals surface area contributed by atoms with E-state index in [2.05, 4.69) is 17.1 Å². The summed E-state index contributed by atoms with van der Waals surface area (Å²) in [4.78, 5) is 2.21. The van der Waals surface area contributed by atoms with Crippen molar-refractivity contribution >= 4 is 17.3 Å². The molecule has 0 radical (unpaired) electrons. The van der Waals surface area contributed by atoms with Gasteiger partial charge in [-0.2, -0.15) is 0 Å². The van der Waals surface area contributed by atoms with Gasteiger partial charge < -0.3 is 10.2 Å². The summed E-state index contributed by atoms with van der Waals surface area (Å²) in [5.74, 6) is -0.286. The van der Waals surface area contributed by atoms with Crippen LogP contribution in [0.4, 0.5) is 10.1 Å². The zero-order chi connectivity index (χ0) is 10.8. The molecule has 15 heavy (non-hydrogen) atoms. The van der Waals surface area contributed by atoms with Crippen molar-refractivity contribution in [3.8, 4) is 0 Å². The summed E-state index contributed by atoms with van der Waals surface area (Å²) >= 11 is 6.03. The molecule has 82 valence electrons. The molecule has 1 heterocycles. The Bertz CT molecular complexity index is 356. The Hall–Kier alpha value is -0.800. The van der Waals surface area contributed by atoms with Gasteiger partial charge in [0.15, 0.2) is 0 Å². The molecule has 1 N–H and O–H groups in total. The molecule has 2 nitrogen and oxygen atoms in total. The normalized spacial score (nSPS) is 21.8. The van der Waals surface area contributed by atoms with Gasteiger partial charge >= 0.3 is 0 Å². The van der Waals surface area contributed by atoms with Gasteiger partial charge in [-0.1, -0.05) is 11.6 Å². The summed E-state index contributed by atoms with van der Waals surface area (Å²) in [5.41, 5.74) is 0.923. The van der Waals surface area contributed by atoms with Gasteiger partial charge in [-0.25, -0.2) is 4.39 Å². The SMILES string of the molecule is C[C@H]1CNCCN1c1ccc(F)cc1Cl. The number of piperazine rings is 1. The van der Waals surface area contributed by atoms with E-state index in [1.54, 1.807) is 6.07 Å². The third-order valence-electron chi connectivity index (χ3n) is 2.72. The molecule has 1 aliphatic heterocycles. The van der Waals surface area contributed by atoms with Crippen molar-refractivity contribution in [3.63, 3.8) is 0 Å². The second kappa shape index (κ2) is 4.37. The highest BCUT2D eigenvalue weighted by atomic mass is 35.5. The molecule has 2 rings (SSSR count). The fourth-order valence-corrected chi connectivity index (χ4v) is 2.19. The third kappa shape index (κ3) is 2.24. The lowest BCUT2D eigenvalue weighted by molar-refractivity contribution is 0.500. The number of halogens is 2. The summed E-state index contributed by atoms with van der Waals surface area (Å²) in [6.45, 7) is 4.92. The summed E-state index contributed by atoms with van der Waals surface area (Å²) in [7, 11) is 0. The lowest BCUT2D eigenvalue weighted by Crippen LogP contribution is -2.50. The lowest BCUT2D eigenvalue weighted by atomic mass is 10.2. The first-order valence-electron chi connectivity index (χ1n) is 5.11. The average molecular weight is 229 g/mol. The van der Waals surface area contributed by atoms with Gasteiger partial charge in [0.2, 0.25) is 0 Å². The van der Waals surface area contributed by atoms with E-state index < -0.39 is 0 Å². The Kier molecular flexibility index (Phi) is 3.12. The standard InChI is InChI=1S/C11H14ClFN2/c1-8-7-14-4-5-15(8)11-3-2-9(13)6-10(11)12/h2-3,6,8,14H,4-5,7H2,1H3/t8-/m0/s1. The van der Waals surface area contributed by atoms with E-state index in [-0.39, 0.29) is 5.82 Å². The van der Waals surface area contributed by atoms with E-state index in [4.69, 9.17) is 11.6 Å². The molecule has 1 aromatic carbocycles. The minimum atomic E-state index is -0.286. The van der Waals surface area contributed by atoms with Crippen LogP contribution in [0.3, 0.4) is 0 Å². The fraction of sp³-hybridized carbons (Fsp3) is 0.455. The van der Waals surface area contributed by atoms with E-state index in [0.29, 0.717) is 11.1 Å². The molecule has 0 spiro atoms. The Morgan fingerprint density at radius 1 is 1.53 bits per heavy atom. The first-order valence-corrected chi connectivity index (χ1v) is 5.48. The number of hydrogen-bond acceptors (Lipinski definition) is 2. The first-order chi connectivity index (χ1) is 7.18. The van der Waals surface area contributed by atoms with Crippen molar-refractivity contribution in [2.45, 2.75) is 13.0 Å². The van der Waals surface area contributed by atoms with Crippen LogP contribution in [0.5, 0.6) is 0 Å². The third-order valence-corrected chi connectivity index (χ3v) is 3.02. The maximum absolute atomic E-state index is 12.9. The number of nitrogens with zero attached hydrogens (tertiary/aromatic N) is 1. The van der Waals surface area contributed by atoms with Gasteiger partial charge in [0.25, 0.3) is 0 Å². The molecule has 1 atom stereocenters. The molecule has 0 bridgehead atoms. The summed E-state index contributed by atoms with van der Waals surface area (Å²) in [6, 6.07) is 4.96. The monoisotopic (exact) mass is 228 g/mol. The highest BCUT2D eigenvalue weighted by molar-refractivity contribution is 6.33. The quantitative estimate of drug-likeness (QED) is 0.794. The van der Waals surface area contributed by atoms with E-state index in [1.807, 2.05) is 0 Å². The van der Waals surface area contributed by atoms with Crippen molar-refractivity contribution in [2.75, 3.05) is 24.5 Å². The van der Waals surface area contributed by atoms with Gasteiger partial charge in [-0.3, -0.25) is 0 Å². The number of benzene rings is 1. The van der Waals surface area contributed by atoms with Crippen molar-refractivity contribution in [1.29, 1.82) is 0 Å². The molecule has 1 aliphatic rings. The second-order valence-electron chi connectivity index (χ2n) is 3.84. The van der Waals surface area contributed by atoms with Crippen LogP contribution in [0.15, 0.2) is 18.2 Å². The fourth-order valence-electron chi connectivity index (χ4n) is 1.91. The minimum Gasteiger partial charge on any atom is -0.365 e. The van der Waals surface area contributed by atoms with Crippen LogP contribution in [-0.2, 0) is 0 Å². The molecule has 0 aromatic heterocycles. The number of nitrogens with one attached hydrogen (secondary N) is 1. The molecular weight excluding hydrogens is 215 g/mol. The predicted octanol–water partition coefficient (Wildman–Crippen LogP) is 2.28. The smallest absolute Gasteiger partial charge is 0.124 e. The van der Waals surface area contributed by atoms with Crippen molar-refractivity contribution < 1.29 is 4.39 Å². The Morgan fingerprint density at radius 3 is 3.00 bits per heavy atom.